The smallest absolute Gasteiger partial charge is 0.246 e. The van der Waals surface area contributed by atoms with Gasteiger partial charge in [0.1, 0.15) is 6.61 Å². The van der Waals surface area contributed by atoms with Crippen LogP contribution in [0.4, 0.5) is 0 Å². The van der Waals surface area contributed by atoms with Gasteiger partial charge in [0.15, 0.2) is 0 Å². The molecule has 0 spiro atoms. The molecule has 100 valence electrons. The standard InChI is InChI=1S/C13H26N2O2/c1-13(2,3)17-10-12(16)15-8-6-11-5-4-7-14-9-11/h11,14H,4-10H2,1-3H3,(H,15,16). The minimum Gasteiger partial charge on any atom is -0.366 e. The second-order valence-corrected chi connectivity index (χ2v) is 5.75. The summed E-state index contributed by atoms with van der Waals surface area (Å²) in [6.07, 6.45) is 3.60. The molecule has 1 saturated heterocycles. The first-order valence-electron chi connectivity index (χ1n) is 6.59. The van der Waals surface area contributed by atoms with Gasteiger partial charge in [0.25, 0.3) is 0 Å². The average Bonchev–Trinajstić information content (AvgIpc) is 2.27. The van der Waals surface area contributed by atoms with Crippen molar-refractivity contribution in [3.63, 3.8) is 0 Å². The van der Waals surface area contributed by atoms with Gasteiger partial charge in [-0.1, -0.05) is 0 Å². The highest BCUT2D eigenvalue weighted by molar-refractivity contribution is 5.77. The third kappa shape index (κ3) is 7.34. The van der Waals surface area contributed by atoms with Gasteiger partial charge in [-0.3, -0.25) is 4.79 Å². The number of carbonyl (C=O) groups excluding carboxylic acids is 1. The first kappa shape index (κ1) is 14.5. The van der Waals surface area contributed by atoms with Gasteiger partial charge in [-0.15, -0.1) is 0 Å². The van der Waals surface area contributed by atoms with Gasteiger partial charge in [0.05, 0.1) is 5.60 Å². The summed E-state index contributed by atoms with van der Waals surface area (Å²) in [4.78, 5) is 11.5. The zero-order chi connectivity index (χ0) is 12.7. The molecule has 1 atom stereocenters. The van der Waals surface area contributed by atoms with Gasteiger partial charge in [0.2, 0.25) is 5.91 Å². The Morgan fingerprint density at radius 2 is 2.24 bits per heavy atom. The lowest BCUT2D eigenvalue weighted by molar-refractivity contribution is -0.130. The molecular formula is C13H26N2O2. The van der Waals surface area contributed by atoms with Gasteiger partial charge in [-0.25, -0.2) is 0 Å². The fraction of sp³-hybridized carbons (Fsp3) is 0.923. The van der Waals surface area contributed by atoms with E-state index in [2.05, 4.69) is 10.6 Å². The van der Waals surface area contributed by atoms with Crippen LogP contribution >= 0.6 is 0 Å². The Bertz CT molecular complexity index is 230. The number of amides is 1. The van der Waals surface area contributed by atoms with Crippen molar-refractivity contribution in [2.24, 2.45) is 5.92 Å². The molecule has 0 aromatic carbocycles. The van der Waals surface area contributed by atoms with Crippen molar-refractivity contribution < 1.29 is 9.53 Å². The molecule has 1 unspecified atom stereocenters. The van der Waals surface area contributed by atoms with Crippen LogP contribution in [-0.2, 0) is 9.53 Å². The van der Waals surface area contributed by atoms with Crippen molar-refractivity contribution in [2.45, 2.75) is 45.6 Å². The highest BCUT2D eigenvalue weighted by atomic mass is 16.5. The van der Waals surface area contributed by atoms with Crippen LogP contribution in [0.5, 0.6) is 0 Å². The molecule has 0 aliphatic carbocycles. The molecule has 17 heavy (non-hydrogen) atoms. The maximum Gasteiger partial charge on any atom is 0.246 e. The van der Waals surface area contributed by atoms with Crippen LogP contribution in [0.1, 0.15) is 40.0 Å². The second kappa shape index (κ2) is 6.97. The van der Waals surface area contributed by atoms with Gasteiger partial charge < -0.3 is 15.4 Å². The Balaban J connectivity index is 2.03. The lowest BCUT2D eigenvalue weighted by atomic mass is 9.96. The number of piperidine rings is 1. The van der Waals surface area contributed by atoms with Crippen LogP contribution in [0.2, 0.25) is 0 Å². The molecule has 1 heterocycles. The summed E-state index contributed by atoms with van der Waals surface area (Å²) in [5.74, 6) is 0.705. The van der Waals surface area contributed by atoms with E-state index in [4.69, 9.17) is 4.74 Å². The van der Waals surface area contributed by atoms with Crippen LogP contribution in [0.3, 0.4) is 0 Å². The fourth-order valence-electron chi connectivity index (χ4n) is 1.92. The zero-order valence-corrected chi connectivity index (χ0v) is 11.3. The lowest BCUT2D eigenvalue weighted by Gasteiger charge is -2.23. The van der Waals surface area contributed by atoms with Crippen molar-refractivity contribution in [3.05, 3.63) is 0 Å². The van der Waals surface area contributed by atoms with Gasteiger partial charge in [-0.2, -0.15) is 0 Å². The third-order valence-electron chi connectivity index (χ3n) is 2.91. The Labute approximate surface area is 104 Å². The third-order valence-corrected chi connectivity index (χ3v) is 2.91. The molecule has 1 aliphatic heterocycles. The van der Waals surface area contributed by atoms with E-state index >= 15 is 0 Å². The van der Waals surface area contributed by atoms with E-state index < -0.39 is 0 Å². The summed E-state index contributed by atoms with van der Waals surface area (Å²) in [7, 11) is 0. The van der Waals surface area contributed by atoms with E-state index in [-0.39, 0.29) is 18.1 Å². The maximum atomic E-state index is 11.5. The van der Waals surface area contributed by atoms with Crippen LogP contribution in [-0.4, -0.2) is 37.7 Å². The molecule has 1 amide bonds. The minimum atomic E-state index is -0.245. The summed E-state index contributed by atoms with van der Waals surface area (Å²) in [5, 5.41) is 6.29. The van der Waals surface area contributed by atoms with E-state index in [1.165, 1.54) is 12.8 Å². The predicted molar refractivity (Wildman–Crippen MR) is 68.9 cm³/mol. The number of carbonyl (C=O) groups is 1. The molecule has 0 aromatic heterocycles. The van der Waals surface area contributed by atoms with Crippen LogP contribution in [0, 0.1) is 5.92 Å². The molecule has 0 saturated carbocycles. The first-order chi connectivity index (χ1) is 7.97. The minimum absolute atomic E-state index is 0.0105. The Hall–Kier alpha value is -0.610. The highest BCUT2D eigenvalue weighted by Crippen LogP contribution is 2.12. The molecule has 0 radical (unpaired) electrons. The molecule has 1 fully saturated rings. The number of hydrogen-bond acceptors (Lipinski definition) is 3. The van der Waals surface area contributed by atoms with E-state index in [0.29, 0.717) is 5.92 Å². The maximum absolute atomic E-state index is 11.5. The van der Waals surface area contributed by atoms with E-state index in [0.717, 1.165) is 26.1 Å². The summed E-state index contributed by atoms with van der Waals surface area (Å²) in [5.41, 5.74) is -0.245. The Kier molecular flexibility index (Phi) is 5.92. The van der Waals surface area contributed by atoms with Gasteiger partial charge in [-0.05, 0) is 59.0 Å². The topological polar surface area (TPSA) is 50.4 Å². The normalized spacial score (nSPS) is 21.2. The van der Waals surface area contributed by atoms with Gasteiger partial charge >= 0.3 is 0 Å². The largest absolute Gasteiger partial charge is 0.366 e. The predicted octanol–water partition coefficient (Wildman–Crippen LogP) is 1.31. The Morgan fingerprint density at radius 1 is 1.47 bits per heavy atom. The van der Waals surface area contributed by atoms with Crippen LogP contribution in [0.25, 0.3) is 0 Å². The van der Waals surface area contributed by atoms with E-state index in [1.807, 2.05) is 20.8 Å². The number of nitrogens with one attached hydrogen (secondary N) is 2. The number of hydrogen-bond donors (Lipinski definition) is 2. The second-order valence-electron chi connectivity index (χ2n) is 5.75. The number of rotatable bonds is 5. The summed E-state index contributed by atoms with van der Waals surface area (Å²) < 4.78 is 5.41. The monoisotopic (exact) mass is 242 g/mol. The summed E-state index contributed by atoms with van der Waals surface area (Å²) >= 11 is 0. The van der Waals surface area contributed by atoms with Crippen molar-refractivity contribution >= 4 is 5.91 Å². The first-order valence-corrected chi connectivity index (χ1v) is 6.59. The lowest BCUT2D eigenvalue weighted by Crippen LogP contribution is -2.35. The highest BCUT2D eigenvalue weighted by Gasteiger charge is 2.14. The van der Waals surface area contributed by atoms with Gasteiger partial charge in [0, 0.05) is 6.54 Å². The van der Waals surface area contributed by atoms with Crippen molar-refractivity contribution in [2.75, 3.05) is 26.2 Å². The number of ether oxygens (including phenoxy) is 1. The summed E-state index contributed by atoms with van der Waals surface area (Å²) in [6, 6.07) is 0. The van der Waals surface area contributed by atoms with Crippen molar-refractivity contribution in [1.29, 1.82) is 0 Å². The molecule has 4 heteroatoms. The average molecular weight is 242 g/mol. The molecule has 0 bridgehead atoms. The zero-order valence-electron chi connectivity index (χ0n) is 11.3. The Morgan fingerprint density at radius 3 is 2.82 bits per heavy atom. The molecular weight excluding hydrogens is 216 g/mol. The van der Waals surface area contributed by atoms with Crippen LogP contribution < -0.4 is 10.6 Å². The van der Waals surface area contributed by atoms with Crippen LogP contribution in [0.15, 0.2) is 0 Å². The SMILES string of the molecule is CC(C)(C)OCC(=O)NCCC1CCCNC1. The molecule has 0 aromatic rings. The molecule has 1 aliphatic rings. The van der Waals surface area contributed by atoms with Crippen molar-refractivity contribution in [1.82, 2.24) is 10.6 Å². The molecule has 1 rings (SSSR count). The fourth-order valence-corrected chi connectivity index (χ4v) is 1.92. The van der Waals surface area contributed by atoms with E-state index in [1.54, 1.807) is 0 Å². The quantitative estimate of drug-likeness (QED) is 0.764. The molecule has 2 N–H and O–H groups in total. The van der Waals surface area contributed by atoms with E-state index in [9.17, 15) is 4.79 Å². The summed E-state index contributed by atoms with van der Waals surface area (Å²) in [6.45, 7) is 9.01. The van der Waals surface area contributed by atoms with Crippen molar-refractivity contribution in [3.8, 4) is 0 Å². The molecule has 4 nitrogen and oxygen atoms in total.